The molecule has 3 atom stereocenters. The highest BCUT2D eigenvalue weighted by Crippen LogP contribution is 2.66. The fourth-order valence-corrected chi connectivity index (χ4v) is 4.39. The quantitative estimate of drug-likeness (QED) is 0.665. The van der Waals surface area contributed by atoms with E-state index in [-0.39, 0.29) is 22.6 Å². The maximum Gasteiger partial charge on any atom is 0.292 e. The standard InChI is InChI=1S/C16H21FN2O2/c1-15(2)10-6-7-16(15,3)14(8-10)18-12-9-11(17)4-5-13(12)19(20)21/h4-5,9-10,14,18H,6-8H2,1-3H3. The summed E-state index contributed by atoms with van der Waals surface area (Å²) < 4.78 is 13.5. The molecular formula is C16H21FN2O2. The molecule has 2 aliphatic carbocycles. The molecule has 5 heteroatoms. The van der Waals surface area contributed by atoms with Gasteiger partial charge in [-0.2, -0.15) is 0 Å². The van der Waals surface area contributed by atoms with Crippen LogP contribution in [-0.4, -0.2) is 11.0 Å². The Morgan fingerprint density at radius 1 is 1.38 bits per heavy atom. The highest BCUT2D eigenvalue weighted by Gasteiger charge is 2.61. The number of anilines is 1. The zero-order valence-electron chi connectivity index (χ0n) is 12.6. The molecule has 2 saturated carbocycles. The number of nitro benzene ring substituents is 1. The molecule has 114 valence electrons. The SMILES string of the molecule is CC1(C)C2CCC1(C)C(Nc1cc(F)ccc1[N+](=O)[O-])C2. The van der Waals surface area contributed by atoms with Crippen molar-refractivity contribution in [1.29, 1.82) is 0 Å². The van der Waals surface area contributed by atoms with Crippen molar-refractivity contribution in [3.05, 3.63) is 34.1 Å². The van der Waals surface area contributed by atoms with Crippen molar-refractivity contribution in [2.75, 3.05) is 5.32 Å². The van der Waals surface area contributed by atoms with Crippen LogP contribution in [-0.2, 0) is 0 Å². The first-order chi connectivity index (χ1) is 9.75. The van der Waals surface area contributed by atoms with Crippen LogP contribution in [0.1, 0.15) is 40.0 Å². The molecule has 3 unspecified atom stereocenters. The van der Waals surface area contributed by atoms with Gasteiger partial charge in [-0.15, -0.1) is 0 Å². The summed E-state index contributed by atoms with van der Waals surface area (Å²) in [6, 6.07) is 3.76. The summed E-state index contributed by atoms with van der Waals surface area (Å²) in [6.07, 6.45) is 3.33. The second-order valence-electron chi connectivity index (χ2n) is 7.23. The second-order valence-corrected chi connectivity index (χ2v) is 7.23. The van der Waals surface area contributed by atoms with Gasteiger partial charge in [0.1, 0.15) is 11.5 Å². The van der Waals surface area contributed by atoms with E-state index in [2.05, 4.69) is 26.1 Å². The van der Waals surface area contributed by atoms with Crippen molar-refractivity contribution in [2.24, 2.45) is 16.7 Å². The molecule has 0 saturated heterocycles. The lowest BCUT2D eigenvalue weighted by Crippen LogP contribution is -2.40. The van der Waals surface area contributed by atoms with Crippen LogP contribution in [0.5, 0.6) is 0 Å². The molecule has 1 aromatic carbocycles. The van der Waals surface area contributed by atoms with Crippen LogP contribution in [0.4, 0.5) is 15.8 Å². The number of rotatable bonds is 3. The third-order valence-electron chi connectivity index (χ3n) is 6.28. The number of fused-ring (bicyclic) bond motifs is 2. The minimum atomic E-state index is -0.456. The smallest absolute Gasteiger partial charge is 0.292 e. The van der Waals surface area contributed by atoms with E-state index >= 15 is 0 Å². The minimum Gasteiger partial charge on any atom is -0.376 e. The van der Waals surface area contributed by atoms with Crippen molar-refractivity contribution >= 4 is 11.4 Å². The van der Waals surface area contributed by atoms with Crippen LogP contribution in [0, 0.1) is 32.7 Å². The van der Waals surface area contributed by atoms with Gasteiger partial charge in [0.2, 0.25) is 0 Å². The Kier molecular flexibility index (Phi) is 3.01. The highest BCUT2D eigenvalue weighted by molar-refractivity contribution is 5.62. The lowest BCUT2D eigenvalue weighted by Gasteiger charge is -2.39. The molecule has 0 aliphatic heterocycles. The number of hydrogen-bond acceptors (Lipinski definition) is 3. The fourth-order valence-electron chi connectivity index (χ4n) is 4.39. The van der Waals surface area contributed by atoms with E-state index in [1.807, 2.05) is 0 Å². The number of halogens is 1. The van der Waals surface area contributed by atoms with Crippen LogP contribution < -0.4 is 5.32 Å². The Bertz CT molecular complexity index is 602. The molecule has 2 aliphatic rings. The molecule has 2 fully saturated rings. The predicted octanol–water partition coefficient (Wildman–Crippen LogP) is 4.36. The predicted molar refractivity (Wildman–Crippen MR) is 79.7 cm³/mol. The summed E-state index contributed by atoms with van der Waals surface area (Å²) >= 11 is 0. The van der Waals surface area contributed by atoms with Crippen molar-refractivity contribution in [2.45, 2.75) is 46.1 Å². The molecule has 1 aromatic rings. The van der Waals surface area contributed by atoms with Crippen molar-refractivity contribution in [3.63, 3.8) is 0 Å². The van der Waals surface area contributed by atoms with Gasteiger partial charge in [0.05, 0.1) is 4.92 Å². The largest absolute Gasteiger partial charge is 0.376 e. The van der Waals surface area contributed by atoms with Gasteiger partial charge >= 0.3 is 0 Å². The molecule has 3 rings (SSSR count). The van der Waals surface area contributed by atoms with E-state index in [0.29, 0.717) is 11.6 Å². The Hall–Kier alpha value is -1.65. The molecule has 1 N–H and O–H groups in total. The van der Waals surface area contributed by atoms with Crippen molar-refractivity contribution in [1.82, 2.24) is 0 Å². The second kappa shape index (κ2) is 4.42. The van der Waals surface area contributed by atoms with E-state index in [0.717, 1.165) is 18.9 Å². The number of benzene rings is 1. The maximum absolute atomic E-state index is 13.5. The molecule has 4 nitrogen and oxygen atoms in total. The number of nitrogens with one attached hydrogen (secondary N) is 1. The van der Waals surface area contributed by atoms with Crippen LogP contribution in [0.3, 0.4) is 0 Å². The topological polar surface area (TPSA) is 55.2 Å². The molecule has 21 heavy (non-hydrogen) atoms. The Balaban J connectivity index is 1.92. The lowest BCUT2D eigenvalue weighted by atomic mass is 9.69. The maximum atomic E-state index is 13.5. The van der Waals surface area contributed by atoms with E-state index in [1.54, 1.807) is 0 Å². The minimum absolute atomic E-state index is 0.0550. The summed E-state index contributed by atoms with van der Waals surface area (Å²) in [5.41, 5.74) is 0.556. The first-order valence-corrected chi connectivity index (χ1v) is 7.46. The van der Waals surface area contributed by atoms with Crippen LogP contribution in [0.25, 0.3) is 0 Å². The van der Waals surface area contributed by atoms with Gasteiger partial charge < -0.3 is 5.32 Å². The van der Waals surface area contributed by atoms with Gasteiger partial charge in [0.25, 0.3) is 5.69 Å². The number of nitrogens with zero attached hydrogens (tertiary/aromatic N) is 1. The molecular weight excluding hydrogens is 271 g/mol. The van der Waals surface area contributed by atoms with Gasteiger partial charge in [-0.05, 0) is 42.1 Å². The number of nitro groups is 1. The average Bonchev–Trinajstić information content (AvgIpc) is 2.71. The lowest BCUT2D eigenvalue weighted by molar-refractivity contribution is -0.384. The van der Waals surface area contributed by atoms with E-state index in [1.165, 1.54) is 18.6 Å². The molecule has 0 aromatic heterocycles. The van der Waals surface area contributed by atoms with Crippen LogP contribution >= 0.6 is 0 Å². The fraction of sp³-hybridized carbons (Fsp3) is 0.625. The first-order valence-electron chi connectivity index (χ1n) is 7.46. The van der Waals surface area contributed by atoms with Crippen LogP contribution in [0.2, 0.25) is 0 Å². The monoisotopic (exact) mass is 292 g/mol. The molecule has 0 radical (unpaired) electrons. The molecule has 0 heterocycles. The third-order valence-corrected chi connectivity index (χ3v) is 6.28. The molecule has 2 bridgehead atoms. The Morgan fingerprint density at radius 3 is 2.62 bits per heavy atom. The van der Waals surface area contributed by atoms with Gasteiger partial charge in [-0.1, -0.05) is 20.8 Å². The van der Waals surface area contributed by atoms with Gasteiger partial charge in [-0.25, -0.2) is 4.39 Å². The summed E-state index contributed by atoms with van der Waals surface area (Å²) in [5, 5.41) is 14.4. The van der Waals surface area contributed by atoms with E-state index < -0.39 is 10.7 Å². The summed E-state index contributed by atoms with van der Waals surface area (Å²) in [4.78, 5) is 10.7. The molecule has 0 spiro atoms. The van der Waals surface area contributed by atoms with Crippen LogP contribution in [0.15, 0.2) is 18.2 Å². The third kappa shape index (κ3) is 1.93. The van der Waals surface area contributed by atoms with Crippen molar-refractivity contribution < 1.29 is 9.31 Å². The van der Waals surface area contributed by atoms with E-state index in [4.69, 9.17) is 0 Å². The normalized spacial score (nSPS) is 33.1. The zero-order chi connectivity index (χ0) is 15.4. The van der Waals surface area contributed by atoms with Gasteiger partial charge in [-0.3, -0.25) is 10.1 Å². The van der Waals surface area contributed by atoms with Crippen molar-refractivity contribution in [3.8, 4) is 0 Å². The Labute approximate surface area is 123 Å². The zero-order valence-corrected chi connectivity index (χ0v) is 12.6. The average molecular weight is 292 g/mol. The summed E-state index contributed by atoms with van der Waals surface area (Å²) in [6.45, 7) is 6.82. The first kappa shape index (κ1) is 14.3. The summed E-state index contributed by atoms with van der Waals surface area (Å²) in [5.74, 6) is 0.184. The Morgan fingerprint density at radius 2 is 2.10 bits per heavy atom. The van der Waals surface area contributed by atoms with Gasteiger partial charge in [0, 0.05) is 18.2 Å². The van der Waals surface area contributed by atoms with E-state index in [9.17, 15) is 14.5 Å². The molecule has 0 amide bonds. The summed E-state index contributed by atoms with van der Waals surface area (Å²) in [7, 11) is 0. The highest BCUT2D eigenvalue weighted by atomic mass is 19.1. The number of hydrogen-bond donors (Lipinski definition) is 1. The van der Waals surface area contributed by atoms with Gasteiger partial charge in [0.15, 0.2) is 0 Å².